The fourth-order valence-corrected chi connectivity index (χ4v) is 5.78. The number of carbonyl (C=O) groups is 3. The van der Waals surface area contributed by atoms with Gasteiger partial charge in [0.05, 0.1) is 22.5 Å². The van der Waals surface area contributed by atoms with E-state index in [1.165, 1.54) is 17.0 Å². The molecular formula is C24H24ClN3O5. The minimum absolute atomic E-state index is 0.249. The summed E-state index contributed by atoms with van der Waals surface area (Å²) >= 11 is 6.35. The molecule has 9 heteroatoms. The average Bonchev–Trinajstić information content (AvgIpc) is 3.36. The van der Waals surface area contributed by atoms with Crippen molar-refractivity contribution in [3.8, 4) is 11.5 Å². The molecule has 3 aliphatic heterocycles. The minimum atomic E-state index is -1.43. The lowest BCUT2D eigenvalue weighted by Gasteiger charge is -2.31. The van der Waals surface area contributed by atoms with E-state index in [4.69, 9.17) is 11.6 Å². The number of hydrogen-bond donors (Lipinski definition) is 4. The first kappa shape index (κ1) is 21.7. The Kier molecular flexibility index (Phi) is 4.91. The van der Waals surface area contributed by atoms with Crippen LogP contribution < -0.4 is 10.6 Å². The molecule has 3 aliphatic rings. The molecule has 0 saturated carbocycles. The fourth-order valence-electron chi connectivity index (χ4n) is 5.56. The van der Waals surface area contributed by atoms with E-state index in [0.717, 1.165) is 0 Å². The molecule has 0 aromatic heterocycles. The van der Waals surface area contributed by atoms with Crippen molar-refractivity contribution in [3.63, 3.8) is 0 Å². The summed E-state index contributed by atoms with van der Waals surface area (Å²) in [6.45, 7) is 3.73. The molecule has 4 N–H and O–H groups in total. The highest BCUT2D eigenvalue weighted by atomic mass is 35.5. The topological polar surface area (TPSA) is 119 Å². The summed E-state index contributed by atoms with van der Waals surface area (Å²) in [4.78, 5) is 42.0. The number of para-hydroxylation sites is 1. The predicted octanol–water partition coefficient (Wildman–Crippen LogP) is 2.51. The summed E-state index contributed by atoms with van der Waals surface area (Å²) in [6, 6.07) is 8.72. The Morgan fingerprint density at radius 1 is 1.12 bits per heavy atom. The van der Waals surface area contributed by atoms with Gasteiger partial charge < -0.3 is 15.5 Å². The maximum Gasteiger partial charge on any atom is 0.250 e. The number of nitrogens with zero attached hydrogens (tertiary/aromatic N) is 1. The van der Waals surface area contributed by atoms with Crippen LogP contribution in [0.5, 0.6) is 11.5 Å². The smallest absolute Gasteiger partial charge is 0.250 e. The van der Waals surface area contributed by atoms with E-state index in [-0.39, 0.29) is 35.8 Å². The van der Waals surface area contributed by atoms with Gasteiger partial charge in [-0.15, -0.1) is 0 Å². The zero-order chi connectivity index (χ0) is 23.7. The number of fused-ring (bicyclic) bond motifs is 4. The fraction of sp³-hybridized carbons (Fsp3) is 0.375. The Morgan fingerprint density at radius 2 is 1.88 bits per heavy atom. The van der Waals surface area contributed by atoms with Gasteiger partial charge in [-0.2, -0.15) is 0 Å². The highest BCUT2D eigenvalue weighted by Gasteiger charge is 2.70. The Hall–Kier alpha value is -3.10. The zero-order valence-corrected chi connectivity index (χ0v) is 18.9. The second-order valence-electron chi connectivity index (χ2n) is 9.01. The molecule has 2 fully saturated rings. The number of benzene rings is 2. The number of carbonyl (C=O) groups excluding carboxylic acids is 3. The molecule has 0 bridgehead atoms. The van der Waals surface area contributed by atoms with E-state index in [1.54, 1.807) is 24.3 Å². The average molecular weight is 470 g/mol. The molecule has 3 heterocycles. The van der Waals surface area contributed by atoms with E-state index in [2.05, 4.69) is 10.6 Å². The summed E-state index contributed by atoms with van der Waals surface area (Å²) in [5, 5.41) is 26.1. The number of amides is 3. The van der Waals surface area contributed by atoms with Crippen molar-refractivity contribution < 1.29 is 24.6 Å². The third kappa shape index (κ3) is 2.90. The first-order valence-electron chi connectivity index (χ1n) is 11.0. The molecule has 5 rings (SSSR count). The van der Waals surface area contributed by atoms with Gasteiger partial charge in [0.15, 0.2) is 11.5 Å². The normalized spacial score (nSPS) is 28.9. The minimum Gasteiger partial charge on any atom is -0.504 e. The Balaban J connectivity index is 1.64. The molecule has 2 aromatic rings. The van der Waals surface area contributed by atoms with Crippen LogP contribution >= 0.6 is 11.6 Å². The maximum atomic E-state index is 13.7. The SMILES string of the molecule is CC[C@H](C)N1C(=O)[C@@H]2[C@H](Cc3ccc(O)c(O)c3)N[C@]3(C(=O)Nc4c(Cl)cccc43)[C@@H]2C1=O. The monoisotopic (exact) mass is 469 g/mol. The van der Waals surface area contributed by atoms with E-state index in [9.17, 15) is 24.6 Å². The van der Waals surface area contributed by atoms with Gasteiger partial charge in [-0.05, 0) is 43.5 Å². The number of phenolic OH excluding ortho intramolecular Hbond substituents is 2. The van der Waals surface area contributed by atoms with Gasteiger partial charge in [0, 0.05) is 17.6 Å². The van der Waals surface area contributed by atoms with Crippen LogP contribution in [-0.2, 0) is 26.3 Å². The summed E-state index contributed by atoms with van der Waals surface area (Å²) in [5.41, 5.74) is 0.230. The molecular weight excluding hydrogens is 446 g/mol. The molecule has 33 heavy (non-hydrogen) atoms. The number of likely N-dealkylation sites (tertiary alicyclic amines) is 1. The lowest BCUT2D eigenvalue weighted by molar-refractivity contribution is -0.145. The van der Waals surface area contributed by atoms with Crippen LogP contribution in [0.15, 0.2) is 36.4 Å². The van der Waals surface area contributed by atoms with E-state index >= 15 is 0 Å². The summed E-state index contributed by atoms with van der Waals surface area (Å²) in [6.07, 6.45) is 0.871. The van der Waals surface area contributed by atoms with Crippen molar-refractivity contribution in [3.05, 3.63) is 52.5 Å². The second kappa shape index (κ2) is 7.46. The highest BCUT2D eigenvalue weighted by molar-refractivity contribution is 6.35. The first-order valence-corrected chi connectivity index (χ1v) is 11.3. The largest absolute Gasteiger partial charge is 0.504 e. The zero-order valence-electron chi connectivity index (χ0n) is 18.1. The van der Waals surface area contributed by atoms with E-state index in [1.807, 2.05) is 13.8 Å². The number of phenols is 2. The van der Waals surface area contributed by atoms with Crippen LogP contribution in [0.1, 0.15) is 31.4 Å². The molecule has 1 spiro atoms. The van der Waals surface area contributed by atoms with Crippen molar-refractivity contribution in [1.29, 1.82) is 0 Å². The molecule has 172 valence electrons. The Morgan fingerprint density at radius 3 is 2.58 bits per heavy atom. The van der Waals surface area contributed by atoms with Crippen LogP contribution in [0.25, 0.3) is 0 Å². The molecule has 0 radical (unpaired) electrons. The lowest BCUT2D eigenvalue weighted by atomic mass is 9.76. The van der Waals surface area contributed by atoms with Crippen molar-refractivity contribution in [1.82, 2.24) is 10.2 Å². The van der Waals surface area contributed by atoms with Crippen LogP contribution in [0, 0.1) is 11.8 Å². The summed E-state index contributed by atoms with van der Waals surface area (Å²) in [5.74, 6) is -3.30. The number of anilines is 1. The van der Waals surface area contributed by atoms with Gasteiger partial charge in [0.2, 0.25) is 17.7 Å². The molecule has 8 nitrogen and oxygen atoms in total. The standard InChI is InChI=1S/C24H24ClN3O5/c1-3-11(2)28-21(31)18-15(9-12-7-8-16(29)17(30)10-12)27-24(19(18)22(28)32)13-5-4-6-14(25)20(13)26-23(24)33/h4-8,10-11,15,18-19,27,29-30H,3,9H2,1-2H3,(H,26,33)/t11-,15-,18+,19-,24-/m0/s1. The number of aromatic hydroxyl groups is 2. The quantitative estimate of drug-likeness (QED) is 0.403. The molecule has 0 aliphatic carbocycles. The molecule has 5 atom stereocenters. The van der Waals surface area contributed by atoms with Gasteiger partial charge in [0.25, 0.3) is 0 Å². The van der Waals surface area contributed by atoms with Gasteiger partial charge in [-0.1, -0.05) is 36.7 Å². The van der Waals surface area contributed by atoms with Gasteiger partial charge in [0.1, 0.15) is 5.54 Å². The van der Waals surface area contributed by atoms with Crippen molar-refractivity contribution in [2.24, 2.45) is 11.8 Å². The highest BCUT2D eigenvalue weighted by Crippen LogP contribution is 2.54. The van der Waals surface area contributed by atoms with E-state index < -0.39 is 29.3 Å². The molecule has 3 amide bonds. The van der Waals surface area contributed by atoms with Gasteiger partial charge >= 0.3 is 0 Å². The summed E-state index contributed by atoms with van der Waals surface area (Å²) in [7, 11) is 0. The number of imide groups is 1. The van der Waals surface area contributed by atoms with Crippen LogP contribution in [-0.4, -0.2) is 44.9 Å². The van der Waals surface area contributed by atoms with Gasteiger partial charge in [-0.25, -0.2) is 0 Å². The molecule has 2 saturated heterocycles. The van der Waals surface area contributed by atoms with Crippen molar-refractivity contribution in [2.45, 2.75) is 44.3 Å². The summed E-state index contributed by atoms with van der Waals surface area (Å²) < 4.78 is 0. The molecule has 0 unspecified atom stereocenters. The third-order valence-electron chi connectivity index (χ3n) is 7.26. The predicted molar refractivity (Wildman–Crippen MR) is 121 cm³/mol. The van der Waals surface area contributed by atoms with Crippen LogP contribution in [0.2, 0.25) is 5.02 Å². The van der Waals surface area contributed by atoms with Crippen molar-refractivity contribution in [2.75, 3.05) is 5.32 Å². The number of rotatable bonds is 4. The number of hydrogen-bond acceptors (Lipinski definition) is 6. The van der Waals surface area contributed by atoms with Gasteiger partial charge in [-0.3, -0.25) is 24.6 Å². The second-order valence-corrected chi connectivity index (χ2v) is 9.42. The lowest BCUT2D eigenvalue weighted by Crippen LogP contribution is -2.54. The molecule has 2 aromatic carbocycles. The van der Waals surface area contributed by atoms with Crippen LogP contribution in [0.3, 0.4) is 0 Å². The third-order valence-corrected chi connectivity index (χ3v) is 7.58. The Labute approximate surface area is 195 Å². The van der Waals surface area contributed by atoms with Crippen LogP contribution in [0.4, 0.5) is 5.69 Å². The van der Waals surface area contributed by atoms with E-state index in [0.29, 0.717) is 28.3 Å². The first-order chi connectivity index (χ1) is 15.7. The Bertz CT molecular complexity index is 1200. The maximum absolute atomic E-state index is 13.7. The van der Waals surface area contributed by atoms with Crippen molar-refractivity contribution >= 4 is 35.0 Å². The number of nitrogens with one attached hydrogen (secondary N) is 2. The number of halogens is 1.